The van der Waals surface area contributed by atoms with Crippen molar-refractivity contribution >= 4 is 33.3 Å². The summed E-state index contributed by atoms with van der Waals surface area (Å²) in [6, 6.07) is 12.8. The molecule has 1 aromatic heterocycles. The molecule has 0 spiro atoms. The SMILES string of the molecule is O=c1cc(Cl)c2c(ccc3ccccc32)o1. The van der Waals surface area contributed by atoms with Crippen LogP contribution in [0.2, 0.25) is 5.02 Å². The second kappa shape index (κ2) is 3.35. The Hall–Kier alpha value is -1.80. The highest BCUT2D eigenvalue weighted by atomic mass is 35.5. The van der Waals surface area contributed by atoms with E-state index < -0.39 is 5.63 Å². The number of fused-ring (bicyclic) bond motifs is 3. The first-order chi connectivity index (χ1) is 7.75. The van der Waals surface area contributed by atoms with Gasteiger partial charge in [0.25, 0.3) is 0 Å². The Balaban J connectivity index is 2.65. The van der Waals surface area contributed by atoms with Gasteiger partial charge in [0.15, 0.2) is 0 Å². The third-order valence-corrected chi connectivity index (χ3v) is 2.88. The lowest BCUT2D eigenvalue weighted by molar-refractivity contribution is 0.561. The van der Waals surface area contributed by atoms with E-state index in [-0.39, 0.29) is 0 Å². The van der Waals surface area contributed by atoms with Crippen LogP contribution in [0.15, 0.2) is 51.7 Å². The van der Waals surface area contributed by atoms with Crippen molar-refractivity contribution in [1.82, 2.24) is 0 Å². The molecule has 78 valence electrons. The summed E-state index contributed by atoms with van der Waals surface area (Å²) >= 11 is 6.08. The van der Waals surface area contributed by atoms with Crippen LogP contribution in [0.1, 0.15) is 0 Å². The Morgan fingerprint density at radius 3 is 2.75 bits per heavy atom. The van der Waals surface area contributed by atoms with Gasteiger partial charge in [-0.05, 0) is 16.8 Å². The molecule has 2 aromatic carbocycles. The molecule has 0 saturated carbocycles. The van der Waals surface area contributed by atoms with Crippen LogP contribution in [0, 0.1) is 0 Å². The first-order valence-electron chi connectivity index (χ1n) is 4.87. The lowest BCUT2D eigenvalue weighted by Crippen LogP contribution is -1.96. The van der Waals surface area contributed by atoms with Gasteiger partial charge in [0.1, 0.15) is 5.58 Å². The molecule has 3 aromatic rings. The second-order valence-corrected chi connectivity index (χ2v) is 3.98. The Bertz CT molecular complexity index is 744. The molecule has 1 heterocycles. The molecular formula is C13H7ClO2. The number of rotatable bonds is 0. The van der Waals surface area contributed by atoms with E-state index in [4.69, 9.17) is 16.0 Å². The van der Waals surface area contributed by atoms with E-state index in [1.165, 1.54) is 6.07 Å². The minimum Gasteiger partial charge on any atom is -0.423 e. The van der Waals surface area contributed by atoms with Crippen LogP contribution in [0.4, 0.5) is 0 Å². The maximum Gasteiger partial charge on any atom is 0.337 e. The Morgan fingerprint density at radius 1 is 1.06 bits per heavy atom. The van der Waals surface area contributed by atoms with Gasteiger partial charge in [-0.2, -0.15) is 0 Å². The Morgan fingerprint density at radius 2 is 1.88 bits per heavy atom. The van der Waals surface area contributed by atoms with Crippen LogP contribution in [-0.4, -0.2) is 0 Å². The number of halogens is 1. The maximum atomic E-state index is 11.2. The molecule has 3 heteroatoms. The standard InChI is InChI=1S/C13H7ClO2/c14-10-7-12(15)16-11-6-5-8-3-1-2-4-9(8)13(10)11/h1-7H. The van der Waals surface area contributed by atoms with E-state index >= 15 is 0 Å². The van der Waals surface area contributed by atoms with Crippen LogP contribution in [0.3, 0.4) is 0 Å². The average molecular weight is 231 g/mol. The molecular weight excluding hydrogens is 224 g/mol. The summed E-state index contributed by atoms with van der Waals surface area (Å²) in [5.41, 5.74) is 0.101. The van der Waals surface area contributed by atoms with Gasteiger partial charge in [-0.15, -0.1) is 0 Å². The second-order valence-electron chi connectivity index (χ2n) is 3.57. The molecule has 0 amide bonds. The molecule has 0 aliphatic carbocycles. The maximum absolute atomic E-state index is 11.2. The monoisotopic (exact) mass is 230 g/mol. The molecule has 0 bridgehead atoms. The Labute approximate surface area is 96.1 Å². The van der Waals surface area contributed by atoms with Gasteiger partial charge in [-0.1, -0.05) is 41.9 Å². The average Bonchev–Trinajstić information content (AvgIpc) is 2.28. The highest BCUT2D eigenvalue weighted by molar-refractivity contribution is 6.37. The van der Waals surface area contributed by atoms with Gasteiger partial charge >= 0.3 is 5.63 Å². The van der Waals surface area contributed by atoms with Gasteiger partial charge in [0.05, 0.1) is 5.02 Å². The zero-order valence-electron chi connectivity index (χ0n) is 8.24. The summed E-state index contributed by atoms with van der Waals surface area (Å²) in [4.78, 5) is 11.2. The quantitative estimate of drug-likeness (QED) is 0.436. The number of hydrogen-bond donors (Lipinski definition) is 0. The zero-order chi connectivity index (χ0) is 11.1. The fourth-order valence-corrected chi connectivity index (χ4v) is 2.18. The fourth-order valence-electron chi connectivity index (χ4n) is 1.90. The molecule has 16 heavy (non-hydrogen) atoms. The topological polar surface area (TPSA) is 30.2 Å². The van der Waals surface area contributed by atoms with E-state index in [9.17, 15) is 4.79 Å². The van der Waals surface area contributed by atoms with E-state index in [1.807, 2.05) is 30.3 Å². The predicted molar refractivity (Wildman–Crippen MR) is 65.0 cm³/mol. The summed E-state index contributed by atoms with van der Waals surface area (Å²) < 4.78 is 5.11. The van der Waals surface area contributed by atoms with Crippen LogP contribution < -0.4 is 5.63 Å². The molecule has 0 aliphatic rings. The molecule has 3 rings (SSSR count). The molecule has 0 fully saturated rings. The molecule has 0 unspecified atom stereocenters. The number of benzene rings is 2. The molecule has 0 atom stereocenters. The van der Waals surface area contributed by atoms with Crippen molar-refractivity contribution in [2.75, 3.05) is 0 Å². The molecule has 0 radical (unpaired) electrons. The molecule has 2 nitrogen and oxygen atoms in total. The summed E-state index contributed by atoms with van der Waals surface area (Å²) in [6.45, 7) is 0. The highest BCUT2D eigenvalue weighted by Crippen LogP contribution is 2.29. The molecule has 0 saturated heterocycles. The largest absolute Gasteiger partial charge is 0.423 e. The third kappa shape index (κ3) is 1.31. The first-order valence-corrected chi connectivity index (χ1v) is 5.24. The van der Waals surface area contributed by atoms with Crippen molar-refractivity contribution in [2.45, 2.75) is 0 Å². The molecule has 0 aliphatic heterocycles. The number of hydrogen-bond acceptors (Lipinski definition) is 2. The van der Waals surface area contributed by atoms with E-state index in [1.54, 1.807) is 6.07 Å². The first kappa shape index (κ1) is 9.43. The van der Waals surface area contributed by atoms with Crippen molar-refractivity contribution in [3.8, 4) is 0 Å². The van der Waals surface area contributed by atoms with Crippen molar-refractivity contribution in [1.29, 1.82) is 0 Å². The van der Waals surface area contributed by atoms with Gasteiger partial charge < -0.3 is 4.42 Å². The predicted octanol–water partition coefficient (Wildman–Crippen LogP) is 3.60. The zero-order valence-corrected chi connectivity index (χ0v) is 8.99. The van der Waals surface area contributed by atoms with Gasteiger partial charge in [-0.25, -0.2) is 4.79 Å². The smallest absolute Gasteiger partial charge is 0.337 e. The lowest BCUT2D eigenvalue weighted by Gasteiger charge is -2.03. The minimum atomic E-state index is -0.423. The Kier molecular flexibility index (Phi) is 1.98. The summed E-state index contributed by atoms with van der Waals surface area (Å²) in [5.74, 6) is 0. The summed E-state index contributed by atoms with van der Waals surface area (Å²) in [7, 11) is 0. The fraction of sp³-hybridized carbons (Fsp3) is 0. The summed E-state index contributed by atoms with van der Waals surface area (Å²) in [6.07, 6.45) is 0. The van der Waals surface area contributed by atoms with E-state index in [2.05, 4.69) is 0 Å². The van der Waals surface area contributed by atoms with Crippen molar-refractivity contribution in [3.63, 3.8) is 0 Å². The van der Waals surface area contributed by atoms with Crippen LogP contribution in [0.5, 0.6) is 0 Å². The van der Waals surface area contributed by atoms with Crippen molar-refractivity contribution in [2.24, 2.45) is 0 Å². The van der Waals surface area contributed by atoms with E-state index in [0.29, 0.717) is 10.6 Å². The third-order valence-electron chi connectivity index (χ3n) is 2.58. The van der Waals surface area contributed by atoms with Crippen molar-refractivity contribution < 1.29 is 4.42 Å². The van der Waals surface area contributed by atoms with Crippen LogP contribution >= 0.6 is 11.6 Å². The van der Waals surface area contributed by atoms with Crippen molar-refractivity contribution in [3.05, 3.63) is 57.9 Å². The van der Waals surface area contributed by atoms with Crippen LogP contribution in [0.25, 0.3) is 21.7 Å². The minimum absolute atomic E-state index is 0.423. The lowest BCUT2D eigenvalue weighted by atomic mass is 10.1. The highest BCUT2D eigenvalue weighted by Gasteiger charge is 2.07. The normalized spacial score (nSPS) is 11.1. The van der Waals surface area contributed by atoms with E-state index in [0.717, 1.165) is 16.2 Å². The molecule has 0 N–H and O–H groups in total. The van der Waals surface area contributed by atoms with Gasteiger partial charge in [-0.3, -0.25) is 0 Å². The van der Waals surface area contributed by atoms with Crippen LogP contribution in [-0.2, 0) is 0 Å². The van der Waals surface area contributed by atoms with Gasteiger partial charge in [0.2, 0.25) is 0 Å². The van der Waals surface area contributed by atoms with Gasteiger partial charge in [0, 0.05) is 11.5 Å². The summed E-state index contributed by atoms with van der Waals surface area (Å²) in [5, 5.41) is 3.29.